The van der Waals surface area contributed by atoms with Crippen LogP contribution in [0.15, 0.2) is 60.7 Å². The molecule has 1 unspecified atom stereocenters. The SMILES string of the molecule is CCCCCCCCCCCC[N+]1(C)[C@@H]2CC[C@H]1C[C@@H](CC(C#N)(c1ccccc1)c1ccccc1)C2.[Br-]. The van der Waals surface area contributed by atoms with Gasteiger partial charge in [-0.05, 0) is 36.3 Å². The summed E-state index contributed by atoms with van der Waals surface area (Å²) in [5, 5.41) is 10.7. The average molecular weight is 580 g/mol. The van der Waals surface area contributed by atoms with Crippen molar-refractivity contribution in [3.8, 4) is 6.07 Å². The first kappa shape index (κ1) is 30.9. The zero-order valence-corrected chi connectivity index (χ0v) is 25.7. The minimum atomic E-state index is -0.552. The fourth-order valence-corrected chi connectivity index (χ4v) is 7.78. The number of quaternary nitrogens is 1. The van der Waals surface area contributed by atoms with E-state index in [1.807, 2.05) is 0 Å². The van der Waals surface area contributed by atoms with Crippen LogP contribution < -0.4 is 17.0 Å². The van der Waals surface area contributed by atoms with Crippen molar-refractivity contribution in [2.24, 2.45) is 5.92 Å². The molecule has 0 aromatic heterocycles. The van der Waals surface area contributed by atoms with Crippen LogP contribution in [0, 0.1) is 17.2 Å². The van der Waals surface area contributed by atoms with Crippen LogP contribution in [0.1, 0.15) is 114 Å². The number of nitriles is 1. The molecule has 2 fully saturated rings. The first-order valence-electron chi connectivity index (χ1n) is 15.5. The Kier molecular flexibility index (Phi) is 12.4. The molecule has 0 radical (unpaired) electrons. The first-order chi connectivity index (χ1) is 18.1. The second-order valence-electron chi connectivity index (χ2n) is 12.4. The number of rotatable bonds is 15. The molecule has 2 heterocycles. The molecule has 0 amide bonds. The molecule has 4 rings (SSSR count). The van der Waals surface area contributed by atoms with Gasteiger partial charge in [0.25, 0.3) is 0 Å². The van der Waals surface area contributed by atoms with E-state index in [-0.39, 0.29) is 17.0 Å². The second kappa shape index (κ2) is 15.2. The summed E-state index contributed by atoms with van der Waals surface area (Å²) in [6.45, 7) is 3.66. The molecule has 2 saturated heterocycles. The predicted octanol–water partition coefficient (Wildman–Crippen LogP) is 6.20. The topological polar surface area (TPSA) is 23.8 Å². The molecule has 0 N–H and O–H groups in total. The van der Waals surface area contributed by atoms with Crippen molar-refractivity contribution in [3.05, 3.63) is 71.8 Å². The van der Waals surface area contributed by atoms with Gasteiger partial charge in [-0.2, -0.15) is 5.26 Å². The molecule has 38 heavy (non-hydrogen) atoms. The van der Waals surface area contributed by atoms with Gasteiger partial charge in [0, 0.05) is 25.7 Å². The Morgan fingerprint density at radius 3 is 1.63 bits per heavy atom. The lowest BCUT2D eigenvalue weighted by molar-refractivity contribution is -0.949. The van der Waals surface area contributed by atoms with E-state index in [4.69, 9.17) is 0 Å². The number of piperidine rings is 1. The van der Waals surface area contributed by atoms with Gasteiger partial charge in [-0.15, -0.1) is 0 Å². The van der Waals surface area contributed by atoms with Crippen LogP contribution in [0.5, 0.6) is 0 Å². The van der Waals surface area contributed by atoms with Gasteiger partial charge in [-0.1, -0.05) is 119 Å². The Bertz CT molecular complexity index is 913. The Hall–Kier alpha value is -1.63. The molecule has 2 nitrogen and oxygen atoms in total. The maximum Gasteiger partial charge on any atom is 0.107 e. The van der Waals surface area contributed by atoms with Crippen molar-refractivity contribution in [1.29, 1.82) is 5.26 Å². The van der Waals surface area contributed by atoms with Crippen LogP contribution in [0.25, 0.3) is 0 Å². The lowest BCUT2D eigenvalue weighted by atomic mass is 9.67. The van der Waals surface area contributed by atoms with Gasteiger partial charge in [-0.25, -0.2) is 0 Å². The average Bonchev–Trinajstić information content (AvgIpc) is 3.09. The van der Waals surface area contributed by atoms with Gasteiger partial charge in [-0.3, -0.25) is 0 Å². The van der Waals surface area contributed by atoms with Crippen LogP contribution >= 0.6 is 0 Å². The third-order valence-electron chi connectivity index (χ3n) is 10.0. The fraction of sp³-hybridized carbons (Fsp3) is 0.629. The number of benzene rings is 2. The molecule has 208 valence electrons. The second-order valence-corrected chi connectivity index (χ2v) is 12.4. The summed E-state index contributed by atoms with van der Waals surface area (Å²) < 4.78 is 1.31. The zero-order chi connectivity index (χ0) is 26.0. The zero-order valence-electron chi connectivity index (χ0n) is 24.1. The number of nitrogens with zero attached hydrogens (tertiary/aromatic N) is 2. The fourth-order valence-electron chi connectivity index (χ4n) is 7.78. The summed E-state index contributed by atoms with van der Waals surface area (Å²) in [6.07, 6.45) is 20.4. The van der Waals surface area contributed by atoms with Crippen molar-refractivity contribution in [2.45, 2.75) is 121 Å². The maximum atomic E-state index is 10.7. The summed E-state index contributed by atoms with van der Waals surface area (Å²) in [7, 11) is 2.57. The number of hydrogen-bond donors (Lipinski definition) is 0. The highest BCUT2D eigenvalue weighted by Gasteiger charge is 2.52. The molecule has 2 aromatic rings. The standard InChI is InChI=1S/C35H51N2.BrH/c1-3-4-5-6-7-8-9-10-11-18-25-37(2)33-23-24-34(37)27-30(26-33)28-35(29-36,31-19-14-12-15-20-31)32-21-16-13-17-22-32;/h12-17,19-22,30,33-34H,3-11,18,23-28H2,1-2H3;1H/q+1;/p-1/t30-,33+,34-,37?;. The largest absolute Gasteiger partial charge is 1.00 e. The van der Waals surface area contributed by atoms with Gasteiger partial charge in [0.1, 0.15) is 5.41 Å². The van der Waals surface area contributed by atoms with E-state index >= 15 is 0 Å². The third kappa shape index (κ3) is 7.31. The van der Waals surface area contributed by atoms with Crippen molar-refractivity contribution < 1.29 is 21.5 Å². The maximum absolute atomic E-state index is 10.7. The monoisotopic (exact) mass is 578 g/mol. The van der Waals surface area contributed by atoms with Gasteiger partial charge >= 0.3 is 0 Å². The van der Waals surface area contributed by atoms with Crippen LogP contribution in [0.2, 0.25) is 0 Å². The van der Waals surface area contributed by atoms with E-state index in [9.17, 15) is 5.26 Å². The molecule has 2 bridgehead atoms. The molecule has 2 aromatic carbocycles. The highest BCUT2D eigenvalue weighted by molar-refractivity contribution is 5.45. The molecule has 2 aliphatic heterocycles. The minimum Gasteiger partial charge on any atom is -1.00 e. The van der Waals surface area contributed by atoms with Crippen molar-refractivity contribution >= 4 is 0 Å². The predicted molar refractivity (Wildman–Crippen MR) is 156 cm³/mol. The van der Waals surface area contributed by atoms with Crippen LogP contribution in [0.4, 0.5) is 0 Å². The number of unbranched alkanes of at least 4 members (excludes halogenated alkanes) is 9. The van der Waals surface area contributed by atoms with E-state index in [2.05, 4.69) is 80.7 Å². The number of fused-ring (bicyclic) bond motifs is 2. The van der Waals surface area contributed by atoms with Gasteiger partial charge in [0.15, 0.2) is 0 Å². The quantitative estimate of drug-likeness (QED) is 0.182. The minimum absolute atomic E-state index is 0. The normalized spacial score (nSPS) is 24.5. The molecule has 2 aliphatic rings. The van der Waals surface area contributed by atoms with Crippen LogP contribution in [0.3, 0.4) is 0 Å². The van der Waals surface area contributed by atoms with E-state index in [1.165, 1.54) is 101 Å². The highest BCUT2D eigenvalue weighted by Crippen LogP contribution is 2.48. The van der Waals surface area contributed by atoms with Crippen LogP contribution in [-0.4, -0.2) is 30.2 Å². The summed E-state index contributed by atoms with van der Waals surface area (Å²) in [5.41, 5.74) is 1.76. The molecule has 0 aliphatic carbocycles. The van der Waals surface area contributed by atoms with E-state index in [0.29, 0.717) is 5.92 Å². The highest BCUT2D eigenvalue weighted by atomic mass is 79.9. The lowest BCUT2D eigenvalue weighted by Gasteiger charge is -2.48. The molecular formula is C35H51BrN2. The van der Waals surface area contributed by atoms with Crippen molar-refractivity contribution in [1.82, 2.24) is 0 Å². The summed E-state index contributed by atoms with van der Waals surface area (Å²) >= 11 is 0. The van der Waals surface area contributed by atoms with Crippen molar-refractivity contribution in [2.75, 3.05) is 13.6 Å². The summed E-state index contributed by atoms with van der Waals surface area (Å²) in [5.74, 6) is 0.622. The molecule has 3 heteroatoms. The lowest BCUT2D eigenvalue weighted by Crippen LogP contribution is -3.00. The first-order valence-corrected chi connectivity index (χ1v) is 15.5. The van der Waals surface area contributed by atoms with E-state index in [1.54, 1.807) is 0 Å². The summed E-state index contributed by atoms with van der Waals surface area (Å²) in [6, 6.07) is 25.6. The molecule has 0 saturated carbocycles. The smallest absolute Gasteiger partial charge is 0.107 e. The Balaban J connectivity index is 0.00000400. The molecule has 4 atom stereocenters. The Morgan fingerprint density at radius 1 is 0.737 bits per heavy atom. The Morgan fingerprint density at radius 2 is 1.18 bits per heavy atom. The number of halogens is 1. The molecule has 0 spiro atoms. The van der Waals surface area contributed by atoms with E-state index < -0.39 is 5.41 Å². The van der Waals surface area contributed by atoms with Gasteiger partial charge in [0.2, 0.25) is 0 Å². The molecular weight excluding hydrogens is 528 g/mol. The van der Waals surface area contributed by atoms with E-state index in [0.717, 1.165) is 29.6 Å². The number of hydrogen-bond acceptors (Lipinski definition) is 1. The van der Waals surface area contributed by atoms with Crippen LogP contribution in [-0.2, 0) is 5.41 Å². The van der Waals surface area contributed by atoms with Gasteiger partial charge < -0.3 is 21.5 Å². The van der Waals surface area contributed by atoms with Gasteiger partial charge in [0.05, 0.1) is 31.7 Å². The Labute approximate surface area is 244 Å². The van der Waals surface area contributed by atoms with Crippen molar-refractivity contribution in [3.63, 3.8) is 0 Å². The third-order valence-corrected chi connectivity index (χ3v) is 10.0. The summed E-state index contributed by atoms with van der Waals surface area (Å²) in [4.78, 5) is 0.